The van der Waals surface area contributed by atoms with Gasteiger partial charge in [-0.25, -0.2) is 9.97 Å². The van der Waals surface area contributed by atoms with Crippen LogP contribution in [0.5, 0.6) is 11.5 Å². The average Bonchev–Trinajstić information content (AvgIpc) is 3.74. The lowest BCUT2D eigenvalue weighted by molar-refractivity contribution is -0.137. The lowest BCUT2D eigenvalue weighted by Gasteiger charge is -2.29. The van der Waals surface area contributed by atoms with E-state index in [4.69, 9.17) is 23.9 Å². The van der Waals surface area contributed by atoms with Gasteiger partial charge in [0, 0.05) is 56.0 Å². The number of hydrogen-bond acceptors (Lipinski definition) is 12. The molecule has 4 heterocycles. The molecule has 0 saturated carbocycles. The van der Waals surface area contributed by atoms with Crippen LogP contribution in [0.25, 0.3) is 31.9 Å². The predicted molar refractivity (Wildman–Crippen MR) is 202 cm³/mol. The highest BCUT2D eigenvalue weighted by molar-refractivity contribution is 7.21. The minimum absolute atomic E-state index is 0.0939. The number of thiazole rings is 1. The maximum atomic E-state index is 12.9. The van der Waals surface area contributed by atoms with E-state index in [1.165, 1.54) is 16.2 Å². The number of amides is 3. The van der Waals surface area contributed by atoms with Crippen molar-refractivity contribution in [1.29, 1.82) is 0 Å². The number of carbonyl (C=O) groups is 4. The van der Waals surface area contributed by atoms with Gasteiger partial charge in [-0.3, -0.25) is 24.5 Å². The Morgan fingerprint density at radius 2 is 1.61 bits per heavy atom. The number of hydrogen-bond donors (Lipinski definition) is 1. The van der Waals surface area contributed by atoms with Crippen molar-refractivity contribution < 1.29 is 38.1 Å². The van der Waals surface area contributed by atoms with Crippen LogP contribution in [0.2, 0.25) is 0 Å². The van der Waals surface area contributed by atoms with Crippen LogP contribution >= 0.6 is 11.3 Å². The molecule has 2 aliphatic heterocycles. The first kappa shape index (κ1) is 36.6. The zero-order valence-electron chi connectivity index (χ0n) is 29.9. The van der Waals surface area contributed by atoms with E-state index in [0.717, 1.165) is 43.3 Å². The molecule has 14 heteroatoms. The standard InChI is InChI=1S/C40H39N5O8S/c1-44(2)35-13-7-27(23-41-35)25-3-5-26(6-4-25)39-42-32-11-9-30(22-34(32)54-39)53-37(47)15-16-50-17-18-51-19-20-52-29-8-10-31-28(21-29)24-45(40(31)49)33-12-14-36(46)43-38(33)48/h3-11,13,21-23,33H,12,14-20,24H2,1-2H3,(H,43,46,48). The average molecular weight is 750 g/mol. The number of piperidine rings is 1. The monoisotopic (exact) mass is 749 g/mol. The van der Waals surface area contributed by atoms with Crippen molar-refractivity contribution in [3.05, 3.63) is 90.1 Å². The number of pyridine rings is 1. The molecule has 0 radical (unpaired) electrons. The number of carbonyl (C=O) groups excluding carboxylic acids is 4. The number of fused-ring (bicyclic) bond motifs is 2. The Bertz CT molecular complexity index is 2170. The van der Waals surface area contributed by atoms with Crippen molar-refractivity contribution in [2.75, 3.05) is 52.0 Å². The maximum Gasteiger partial charge on any atom is 0.313 e. The highest BCUT2D eigenvalue weighted by atomic mass is 32.1. The summed E-state index contributed by atoms with van der Waals surface area (Å²) in [5, 5.41) is 3.19. The van der Waals surface area contributed by atoms with Crippen molar-refractivity contribution in [1.82, 2.24) is 20.2 Å². The van der Waals surface area contributed by atoms with Crippen molar-refractivity contribution in [2.45, 2.75) is 31.8 Å². The fraction of sp³-hybridized carbons (Fsp3) is 0.300. The third-order valence-electron chi connectivity index (χ3n) is 9.08. The van der Waals surface area contributed by atoms with Gasteiger partial charge in [0.05, 0.1) is 43.1 Å². The molecule has 1 unspecified atom stereocenters. The van der Waals surface area contributed by atoms with Crippen LogP contribution in [0, 0.1) is 0 Å². The van der Waals surface area contributed by atoms with Crippen LogP contribution in [-0.2, 0) is 30.4 Å². The Kier molecular flexibility index (Phi) is 11.2. The Morgan fingerprint density at radius 1 is 0.870 bits per heavy atom. The molecule has 3 amide bonds. The van der Waals surface area contributed by atoms with Crippen LogP contribution in [0.15, 0.2) is 79.0 Å². The fourth-order valence-electron chi connectivity index (χ4n) is 6.24. The van der Waals surface area contributed by atoms with E-state index in [-0.39, 0.29) is 44.4 Å². The van der Waals surface area contributed by atoms with E-state index in [9.17, 15) is 19.2 Å². The Morgan fingerprint density at radius 3 is 2.37 bits per heavy atom. The quantitative estimate of drug-likeness (QED) is 0.0647. The summed E-state index contributed by atoms with van der Waals surface area (Å²) in [5.41, 5.74) is 5.25. The molecule has 0 bridgehead atoms. The van der Waals surface area contributed by atoms with Crippen LogP contribution in [0.1, 0.15) is 35.2 Å². The summed E-state index contributed by atoms with van der Waals surface area (Å²) >= 11 is 1.54. The molecule has 0 aliphatic carbocycles. The van der Waals surface area contributed by atoms with E-state index in [1.807, 2.05) is 43.4 Å². The Hall–Kier alpha value is -5.70. The molecular formula is C40H39N5O8S. The number of esters is 1. The van der Waals surface area contributed by atoms with E-state index < -0.39 is 17.9 Å². The molecule has 3 aromatic carbocycles. The topological polar surface area (TPSA) is 149 Å². The second kappa shape index (κ2) is 16.5. The maximum absolute atomic E-state index is 12.9. The van der Waals surface area contributed by atoms with Gasteiger partial charge in [0.25, 0.3) is 5.91 Å². The van der Waals surface area contributed by atoms with Gasteiger partial charge in [0.15, 0.2) is 0 Å². The number of benzene rings is 3. The minimum Gasteiger partial charge on any atom is -0.491 e. The lowest BCUT2D eigenvalue weighted by Crippen LogP contribution is -2.52. The molecule has 1 fully saturated rings. The summed E-state index contributed by atoms with van der Waals surface area (Å²) in [6.45, 7) is 1.72. The molecule has 1 atom stereocenters. The molecule has 54 heavy (non-hydrogen) atoms. The van der Waals surface area contributed by atoms with Crippen molar-refractivity contribution in [3.63, 3.8) is 0 Å². The highest BCUT2D eigenvalue weighted by Gasteiger charge is 2.39. The number of imide groups is 1. The zero-order chi connectivity index (χ0) is 37.6. The van der Waals surface area contributed by atoms with Gasteiger partial charge in [0.2, 0.25) is 11.8 Å². The molecule has 13 nitrogen and oxygen atoms in total. The van der Waals surface area contributed by atoms with Gasteiger partial charge in [-0.05, 0) is 60.0 Å². The smallest absolute Gasteiger partial charge is 0.313 e. The van der Waals surface area contributed by atoms with E-state index in [2.05, 4.69) is 40.6 Å². The predicted octanol–water partition coefficient (Wildman–Crippen LogP) is 5.26. The second-order valence-electron chi connectivity index (χ2n) is 13.0. The van der Waals surface area contributed by atoms with E-state index in [0.29, 0.717) is 43.3 Å². The number of aromatic nitrogens is 2. The third kappa shape index (κ3) is 8.57. The first-order valence-electron chi connectivity index (χ1n) is 17.6. The molecule has 1 saturated heterocycles. The van der Waals surface area contributed by atoms with Gasteiger partial charge in [-0.15, -0.1) is 11.3 Å². The number of ether oxygens (including phenoxy) is 4. The Labute approximate surface area is 315 Å². The van der Waals surface area contributed by atoms with E-state index >= 15 is 0 Å². The summed E-state index contributed by atoms with van der Waals surface area (Å²) in [6, 6.07) is 22.2. The van der Waals surface area contributed by atoms with Crippen LogP contribution in [0.4, 0.5) is 5.82 Å². The molecule has 1 N–H and O–H groups in total. The van der Waals surface area contributed by atoms with E-state index in [1.54, 1.807) is 24.3 Å². The minimum atomic E-state index is -0.658. The summed E-state index contributed by atoms with van der Waals surface area (Å²) in [7, 11) is 3.93. The zero-order valence-corrected chi connectivity index (χ0v) is 30.7. The number of nitrogens with one attached hydrogen (secondary N) is 1. The van der Waals surface area contributed by atoms with Crippen molar-refractivity contribution in [2.24, 2.45) is 0 Å². The van der Waals surface area contributed by atoms with Crippen LogP contribution in [-0.4, -0.2) is 91.7 Å². The SMILES string of the molecule is CN(C)c1ccc(-c2ccc(-c3nc4ccc(OC(=O)CCOCCOCCOc5ccc6c(c5)CN(C5CCC(=O)NC5=O)C6=O)cc4s3)cc2)cn1. The molecule has 5 aromatic rings. The van der Waals surface area contributed by atoms with Crippen LogP contribution in [0.3, 0.4) is 0 Å². The second-order valence-corrected chi connectivity index (χ2v) is 14.1. The summed E-state index contributed by atoms with van der Waals surface area (Å²) in [4.78, 5) is 61.8. The lowest BCUT2D eigenvalue weighted by atomic mass is 10.0. The van der Waals surface area contributed by atoms with Crippen LogP contribution < -0.4 is 19.7 Å². The summed E-state index contributed by atoms with van der Waals surface area (Å²) in [6.07, 6.45) is 2.49. The van der Waals surface area contributed by atoms with Gasteiger partial charge < -0.3 is 28.7 Å². The molecule has 7 rings (SSSR count). The third-order valence-corrected chi connectivity index (χ3v) is 10.1. The molecule has 2 aromatic heterocycles. The molecule has 0 spiro atoms. The van der Waals surface area contributed by atoms with Gasteiger partial charge in [0.1, 0.15) is 35.0 Å². The normalized spacial score (nSPS) is 15.3. The fourth-order valence-corrected chi connectivity index (χ4v) is 7.24. The molecule has 278 valence electrons. The molecular weight excluding hydrogens is 711 g/mol. The first-order chi connectivity index (χ1) is 26.2. The summed E-state index contributed by atoms with van der Waals surface area (Å²) < 4.78 is 23.4. The van der Waals surface area contributed by atoms with Gasteiger partial charge in [-0.1, -0.05) is 24.3 Å². The van der Waals surface area contributed by atoms with Gasteiger partial charge in [-0.2, -0.15) is 0 Å². The number of rotatable bonds is 15. The largest absolute Gasteiger partial charge is 0.491 e. The molecule has 2 aliphatic rings. The summed E-state index contributed by atoms with van der Waals surface area (Å²) in [5.74, 6) is 0.570. The number of nitrogens with zero attached hydrogens (tertiary/aromatic N) is 4. The van der Waals surface area contributed by atoms with Gasteiger partial charge >= 0.3 is 5.97 Å². The number of anilines is 1. The highest BCUT2D eigenvalue weighted by Crippen LogP contribution is 2.34. The van der Waals surface area contributed by atoms with Crippen molar-refractivity contribution in [3.8, 4) is 33.2 Å². The Balaban J connectivity index is 0.785. The van der Waals surface area contributed by atoms with Crippen molar-refractivity contribution >= 4 is 51.1 Å². The first-order valence-corrected chi connectivity index (χ1v) is 18.4.